The van der Waals surface area contributed by atoms with Gasteiger partial charge < -0.3 is 19.7 Å². The minimum Gasteiger partial charge on any atom is -0.486 e. The van der Waals surface area contributed by atoms with Gasteiger partial charge in [-0.05, 0) is 37.1 Å². The third-order valence-electron chi connectivity index (χ3n) is 5.26. The summed E-state index contributed by atoms with van der Waals surface area (Å²) in [6.45, 7) is 1.75. The SMILES string of the molecule is O=C(CN1C(=O)[C@H]2CCCN2c2ncccc21)Nc1ccc2c(c1)OCCO2. The van der Waals surface area contributed by atoms with Gasteiger partial charge in [0.2, 0.25) is 11.8 Å². The Bertz CT molecular complexity index is 948. The van der Waals surface area contributed by atoms with Crippen molar-refractivity contribution in [3.05, 3.63) is 36.5 Å². The first-order chi connectivity index (χ1) is 13.7. The highest BCUT2D eigenvalue weighted by Gasteiger charge is 2.42. The topological polar surface area (TPSA) is 84.0 Å². The van der Waals surface area contributed by atoms with Gasteiger partial charge in [-0.1, -0.05) is 0 Å². The Labute approximate surface area is 162 Å². The molecule has 0 unspecified atom stereocenters. The number of benzene rings is 1. The van der Waals surface area contributed by atoms with Crippen LogP contribution in [0.15, 0.2) is 36.5 Å². The van der Waals surface area contributed by atoms with E-state index >= 15 is 0 Å². The van der Waals surface area contributed by atoms with Crippen molar-refractivity contribution in [1.82, 2.24) is 4.98 Å². The van der Waals surface area contributed by atoms with Gasteiger partial charge in [0, 0.05) is 24.5 Å². The molecule has 2 aromatic rings. The molecule has 3 aliphatic heterocycles. The van der Waals surface area contributed by atoms with Crippen molar-refractivity contribution in [2.75, 3.05) is 41.4 Å². The molecule has 3 aliphatic rings. The average molecular weight is 380 g/mol. The van der Waals surface area contributed by atoms with E-state index in [0.29, 0.717) is 36.1 Å². The van der Waals surface area contributed by atoms with Crippen LogP contribution in [0.2, 0.25) is 0 Å². The maximum Gasteiger partial charge on any atom is 0.250 e. The third-order valence-corrected chi connectivity index (χ3v) is 5.26. The monoisotopic (exact) mass is 380 g/mol. The second-order valence-corrected chi connectivity index (χ2v) is 7.03. The molecule has 1 fully saturated rings. The van der Waals surface area contributed by atoms with Crippen molar-refractivity contribution in [1.29, 1.82) is 0 Å². The Hall–Kier alpha value is -3.29. The second-order valence-electron chi connectivity index (χ2n) is 7.03. The average Bonchev–Trinajstić information content (AvgIpc) is 3.21. The molecular weight excluding hydrogens is 360 g/mol. The molecule has 0 aliphatic carbocycles. The molecule has 5 rings (SSSR count). The van der Waals surface area contributed by atoms with Crippen LogP contribution in [0.4, 0.5) is 17.2 Å². The van der Waals surface area contributed by atoms with Gasteiger partial charge in [-0.15, -0.1) is 0 Å². The van der Waals surface area contributed by atoms with Gasteiger partial charge in [-0.3, -0.25) is 14.5 Å². The van der Waals surface area contributed by atoms with Gasteiger partial charge in [0.05, 0.1) is 5.69 Å². The van der Waals surface area contributed by atoms with Crippen molar-refractivity contribution in [2.24, 2.45) is 0 Å². The largest absolute Gasteiger partial charge is 0.486 e. The summed E-state index contributed by atoms with van der Waals surface area (Å²) in [5, 5.41) is 2.85. The Morgan fingerprint density at radius 1 is 1.21 bits per heavy atom. The van der Waals surface area contributed by atoms with E-state index in [1.54, 1.807) is 35.4 Å². The van der Waals surface area contributed by atoms with Crippen LogP contribution in [0.1, 0.15) is 12.8 Å². The molecule has 0 saturated carbocycles. The van der Waals surface area contributed by atoms with Gasteiger partial charge >= 0.3 is 0 Å². The summed E-state index contributed by atoms with van der Waals surface area (Å²) in [6, 6.07) is 8.66. The third kappa shape index (κ3) is 2.81. The van der Waals surface area contributed by atoms with Gasteiger partial charge in [0.15, 0.2) is 17.3 Å². The molecule has 4 heterocycles. The predicted octanol–water partition coefficient (Wildman–Crippen LogP) is 1.81. The highest BCUT2D eigenvalue weighted by atomic mass is 16.6. The first-order valence-corrected chi connectivity index (χ1v) is 9.43. The summed E-state index contributed by atoms with van der Waals surface area (Å²) >= 11 is 0. The number of carbonyl (C=O) groups excluding carboxylic acids is 2. The first-order valence-electron chi connectivity index (χ1n) is 9.43. The maximum atomic E-state index is 13.0. The van der Waals surface area contributed by atoms with Gasteiger partial charge in [-0.25, -0.2) is 4.98 Å². The fraction of sp³-hybridized carbons (Fsp3) is 0.350. The normalized spacial score (nSPS) is 19.9. The van der Waals surface area contributed by atoms with Crippen LogP contribution in [-0.2, 0) is 9.59 Å². The van der Waals surface area contributed by atoms with E-state index in [-0.39, 0.29) is 24.4 Å². The predicted molar refractivity (Wildman–Crippen MR) is 103 cm³/mol. The zero-order valence-electron chi connectivity index (χ0n) is 15.3. The molecule has 1 saturated heterocycles. The molecule has 0 radical (unpaired) electrons. The minimum atomic E-state index is -0.272. The summed E-state index contributed by atoms with van der Waals surface area (Å²) in [6.07, 6.45) is 3.45. The molecule has 1 N–H and O–H groups in total. The van der Waals surface area contributed by atoms with E-state index in [2.05, 4.69) is 10.3 Å². The number of hydrogen-bond acceptors (Lipinski definition) is 6. The lowest BCUT2D eigenvalue weighted by Crippen LogP contribution is -2.53. The molecule has 8 heteroatoms. The number of nitrogens with one attached hydrogen (secondary N) is 1. The van der Waals surface area contributed by atoms with Gasteiger partial charge in [-0.2, -0.15) is 0 Å². The van der Waals surface area contributed by atoms with E-state index in [1.165, 1.54) is 0 Å². The second kappa shape index (κ2) is 6.70. The highest BCUT2D eigenvalue weighted by Crippen LogP contribution is 2.38. The lowest BCUT2D eigenvalue weighted by Gasteiger charge is -2.38. The molecule has 1 aromatic heterocycles. The Balaban J connectivity index is 1.36. The summed E-state index contributed by atoms with van der Waals surface area (Å²) in [4.78, 5) is 33.7. The van der Waals surface area contributed by atoms with Crippen molar-refractivity contribution < 1.29 is 19.1 Å². The summed E-state index contributed by atoms with van der Waals surface area (Å²) < 4.78 is 11.0. The number of nitrogens with zero attached hydrogens (tertiary/aromatic N) is 3. The van der Waals surface area contributed by atoms with Crippen molar-refractivity contribution in [3.63, 3.8) is 0 Å². The van der Waals surface area contributed by atoms with Crippen molar-refractivity contribution in [3.8, 4) is 11.5 Å². The first kappa shape index (κ1) is 16.9. The number of aromatic nitrogens is 1. The number of carbonyl (C=O) groups is 2. The Morgan fingerprint density at radius 2 is 2.07 bits per heavy atom. The van der Waals surface area contributed by atoms with Crippen LogP contribution in [-0.4, -0.2) is 49.1 Å². The molecule has 2 amide bonds. The quantitative estimate of drug-likeness (QED) is 0.874. The molecule has 8 nitrogen and oxygen atoms in total. The van der Waals surface area contributed by atoms with Crippen molar-refractivity contribution in [2.45, 2.75) is 18.9 Å². The fourth-order valence-corrected chi connectivity index (χ4v) is 4.02. The summed E-state index contributed by atoms with van der Waals surface area (Å²) in [7, 11) is 0. The van der Waals surface area contributed by atoms with Crippen LogP contribution in [0.3, 0.4) is 0 Å². The molecule has 144 valence electrons. The number of rotatable bonds is 3. The lowest BCUT2D eigenvalue weighted by molar-refractivity contribution is -0.122. The van der Waals surface area contributed by atoms with Crippen LogP contribution in [0, 0.1) is 0 Å². The molecular formula is C20H20N4O4. The summed E-state index contributed by atoms with van der Waals surface area (Å²) in [5.41, 5.74) is 1.29. The number of ether oxygens (including phenoxy) is 2. The van der Waals surface area contributed by atoms with Gasteiger partial charge in [0.25, 0.3) is 0 Å². The highest BCUT2D eigenvalue weighted by molar-refractivity contribution is 6.09. The van der Waals surface area contributed by atoms with Crippen LogP contribution in [0.25, 0.3) is 0 Å². The molecule has 1 aromatic carbocycles. The Kier molecular flexibility index (Phi) is 4.03. The molecule has 1 atom stereocenters. The molecule has 28 heavy (non-hydrogen) atoms. The zero-order chi connectivity index (χ0) is 19.1. The Morgan fingerprint density at radius 3 is 2.96 bits per heavy atom. The minimum absolute atomic E-state index is 0.0460. The molecule has 0 bridgehead atoms. The lowest BCUT2D eigenvalue weighted by atomic mass is 10.1. The van der Waals surface area contributed by atoms with E-state index in [1.807, 2.05) is 11.0 Å². The molecule has 0 spiro atoms. The smallest absolute Gasteiger partial charge is 0.250 e. The summed E-state index contributed by atoms with van der Waals surface area (Å²) in [5.74, 6) is 1.73. The number of hydrogen-bond donors (Lipinski definition) is 1. The standard InChI is InChI=1S/C20H20N4O4/c25-18(22-13-5-6-16-17(11-13)28-10-9-27-16)12-24-14-3-1-7-21-19(14)23-8-2-4-15(23)20(24)26/h1,3,5-7,11,15H,2,4,8-10,12H2,(H,22,25)/t15-/m1/s1. The number of amides is 2. The van der Waals surface area contributed by atoms with Crippen LogP contribution in [0.5, 0.6) is 11.5 Å². The van der Waals surface area contributed by atoms with E-state index in [0.717, 1.165) is 25.2 Å². The zero-order valence-corrected chi connectivity index (χ0v) is 15.3. The van der Waals surface area contributed by atoms with Crippen LogP contribution >= 0.6 is 0 Å². The van der Waals surface area contributed by atoms with E-state index < -0.39 is 0 Å². The number of pyridine rings is 1. The van der Waals surface area contributed by atoms with Gasteiger partial charge in [0.1, 0.15) is 25.8 Å². The fourth-order valence-electron chi connectivity index (χ4n) is 4.02. The van der Waals surface area contributed by atoms with Crippen molar-refractivity contribution >= 4 is 29.0 Å². The number of fused-ring (bicyclic) bond motifs is 4. The maximum absolute atomic E-state index is 13.0. The van der Waals surface area contributed by atoms with Crippen LogP contribution < -0.4 is 24.6 Å². The van der Waals surface area contributed by atoms with E-state index in [4.69, 9.17) is 9.47 Å². The van der Waals surface area contributed by atoms with E-state index in [9.17, 15) is 9.59 Å². The number of anilines is 3.